The Morgan fingerprint density at radius 2 is 2.12 bits per heavy atom. The molecule has 1 aromatic rings. The van der Waals surface area contributed by atoms with Crippen LogP contribution in [0.25, 0.3) is 0 Å². The summed E-state index contributed by atoms with van der Waals surface area (Å²) in [4.78, 5) is 1.60. The van der Waals surface area contributed by atoms with Crippen LogP contribution in [0, 0.1) is 6.92 Å². The fourth-order valence-corrected chi connectivity index (χ4v) is 1.99. The quantitative estimate of drug-likeness (QED) is 0.833. The van der Waals surface area contributed by atoms with E-state index in [-0.39, 0.29) is 6.54 Å². The summed E-state index contributed by atoms with van der Waals surface area (Å²) in [5.41, 5.74) is 1.84. The van der Waals surface area contributed by atoms with Crippen molar-refractivity contribution < 1.29 is 8.78 Å². The van der Waals surface area contributed by atoms with E-state index in [0.29, 0.717) is 6.54 Å². The number of halogens is 3. The number of nitrogens with zero attached hydrogens (tertiary/aromatic N) is 3. The van der Waals surface area contributed by atoms with Gasteiger partial charge < -0.3 is 0 Å². The normalized spacial score (nSPS) is 11.8. The van der Waals surface area contributed by atoms with Gasteiger partial charge in [-0.1, -0.05) is 0 Å². The molecule has 0 atom stereocenters. The van der Waals surface area contributed by atoms with E-state index in [0.717, 1.165) is 22.4 Å². The summed E-state index contributed by atoms with van der Waals surface area (Å²) in [6.07, 6.45) is -2.30. The molecule has 92 valence electrons. The van der Waals surface area contributed by atoms with Crippen LogP contribution in [-0.2, 0) is 13.1 Å². The Bertz CT molecular complexity index is 352. The molecule has 0 aliphatic carbocycles. The van der Waals surface area contributed by atoms with Crippen LogP contribution >= 0.6 is 15.9 Å². The Hall–Kier alpha value is -0.490. The summed E-state index contributed by atoms with van der Waals surface area (Å²) < 4.78 is 27.1. The lowest BCUT2D eigenvalue weighted by Gasteiger charge is -2.16. The predicted molar refractivity (Wildman–Crippen MR) is 62.7 cm³/mol. The fourth-order valence-electron chi connectivity index (χ4n) is 1.58. The van der Waals surface area contributed by atoms with Gasteiger partial charge in [-0.25, -0.2) is 8.78 Å². The lowest BCUT2D eigenvalue weighted by Crippen LogP contribution is -2.25. The van der Waals surface area contributed by atoms with Crippen LogP contribution in [0.2, 0.25) is 0 Å². The van der Waals surface area contributed by atoms with Gasteiger partial charge in [-0.05, 0) is 36.8 Å². The minimum absolute atomic E-state index is 0.222. The van der Waals surface area contributed by atoms with Crippen molar-refractivity contribution in [2.45, 2.75) is 33.4 Å². The van der Waals surface area contributed by atoms with Crippen LogP contribution in [0.4, 0.5) is 8.78 Å². The minimum Gasteiger partial charge on any atom is -0.295 e. The molecular formula is C10H16BrF2N3. The monoisotopic (exact) mass is 295 g/mol. The SMILES string of the molecule is CCn1nc(C)c(Br)c1CN(C)CC(F)F. The molecular weight excluding hydrogens is 280 g/mol. The zero-order chi connectivity index (χ0) is 12.3. The molecule has 0 saturated carbocycles. The van der Waals surface area contributed by atoms with Gasteiger partial charge in [0.05, 0.1) is 22.4 Å². The summed E-state index contributed by atoms with van der Waals surface area (Å²) >= 11 is 3.44. The van der Waals surface area contributed by atoms with Gasteiger partial charge in [0.15, 0.2) is 0 Å². The Kier molecular flexibility index (Phi) is 4.86. The zero-order valence-electron chi connectivity index (χ0n) is 9.67. The van der Waals surface area contributed by atoms with E-state index < -0.39 is 6.43 Å². The first-order valence-corrected chi connectivity index (χ1v) is 5.93. The maximum atomic E-state index is 12.2. The molecule has 1 aromatic heterocycles. The van der Waals surface area contributed by atoms with Crippen molar-refractivity contribution in [2.75, 3.05) is 13.6 Å². The topological polar surface area (TPSA) is 21.1 Å². The molecule has 0 radical (unpaired) electrons. The van der Waals surface area contributed by atoms with Crippen molar-refractivity contribution in [3.05, 3.63) is 15.9 Å². The van der Waals surface area contributed by atoms with E-state index in [4.69, 9.17) is 0 Å². The molecule has 0 spiro atoms. The van der Waals surface area contributed by atoms with Gasteiger partial charge in [-0.2, -0.15) is 5.10 Å². The van der Waals surface area contributed by atoms with Crippen molar-refractivity contribution in [1.29, 1.82) is 0 Å². The highest BCUT2D eigenvalue weighted by atomic mass is 79.9. The third-order valence-electron chi connectivity index (χ3n) is 2.32. The summed E-state index contributed by atoms with van der Waals surface area (Å²) in [7, 11) is 1.68. The Morgan fingerprint density at radius 1 is 1.50 bits per heavy atom. The summed E-state index contributed by atoms with van der Waals surface area (Å²) in [5, 5.41) is 4.32. The van der Waals surface area contributed by atoms with Crippen LogP contribution in [0.15, 0.2) is 4.47 Å². The molecule has 3 nitrogen and oxygen atoms in total. The van der Waals surface area contributed by atoms with Crippen molar-refractivity contribution in [3.63, 3.8) is 0 Å². The van der Waals surface area contributed by atoms with Crippen LogP contribution < -0.4 is 0 Å². The van der Waals surface area contributed by atoms with E-state index >= 15 is 0 Å². The van der Waals surface area contributed by atoms with E-state index in [1.165, 1.54) is 0 Å². The molecule has 0 aromatic carbocycles. The Morgan fingerprint density at radius 3 is 2.62 bits per heavy atom. The Balaban J connectivity index is 2.79. The van der Waals surface area contributed by atoms with Gasteiger partial charge >= 0.3 is 0 Å². The standard InChI is InChI=1S/C10H16BrF2N3/c1-4-16-8(10(11)7(2)14-16)5-15(3)6-9(12)13/h9H,4-6H2,1-3H3. The van der Waals surface area contributed by atoms with Crippen molar-refractivity contribution in [3.8, 4) is 0 Å². The first-order chi connectivity index (χ1) is 7.45. The van der Waals surface area contributed by atoms with Crippen molar-refractivity contribution in [1.82, 2.24) is 14.7 Å². The number of alkyl halides is 2. The van der Waals surface area contributed by atoms with Crippen LogP contribution in [0.1, 0.15) is 18.3 Å². The third kappa shape index (κ3) is 3.25. The second kappa shape index (κ2) is 5.72. The molecule has 1 rings (SSSR count). The molecule has 0 saturated heterocycles. The minimum atomic E-state index is -2.30. The van der Waals surface area contributed by atoms with Gasteiger partial charge in [0.1, 0.15) is 0 Å². The zero-order valence-corrected chi connectivity index (χ0v) is 11.3. The van der Waals surface area contributed by atoms with Crippen LogP contribution in [-0.4, -0.2) is 34.7 Å². The molecule has 0 N–H and O–H groups in total. The molecule has 0 aliphatic rings. The predicted octanol–water partition coefficient (Wildman–Crippen LogP) is 2.67. The highest BCUT2D eigenvalue weighted by Crippen LogP contribution is 2.22. The second-order valence-electron chi connectivity index (χ2n) is 3.75. The van der Waals surface area contributed by atoms with E-state index in [1.54, 1.807) is 11.9 Å². The fraction of sp³-hybridized carbons (Fsp3) is 0.700. The number of aromatic nitrogens is 2. The summed E-state index contributed by atoms with van der Waals surface area (Å²) in [5.74, 6) is 0. The maximum Gasteiger partial charge on any atom is 0.251 e. The van der Waals surface area contributed by atoms with Gasteiger partial charge in [0, 0.05) is 13.1 Å². The van der Waals surface area contributed by atoms with E-state index in [2.05, 4.69) is 21.0 Å². The van der Waals surface area contributed by atoms with Crippen LogP contribution in [0.5, 0.6) is 0 Å². The molecule has 0 bridgehead atoms. The number of hydrogen-bond donors (Lipinski definition) is 0. The van der Waals surface area contributed by atoms with Gasteiger partial charge in [-0.15, -0.1) is 0 Å². The molecule has 0 amide bonds. The Labute approximate surface area is 103 Å². The van der Waals surface area contributed by atoms with E-state index in [9.17, 15) is 8.78 Å². The van der Waals surface area contributed by atoms with Gasteiger partial charge in [0.2, 0.25) is 0 Å². The van der Waals surface area contributed by atoms with Gasteiger partial charge in [-0.3, -0.25) is 9.58 Å². The summed E-state index contributed by atoms with van der Waals surface area (Å²) in [6.45, 7) is 4.87. The first kappa shape index (κ1) is 13.6. The molecule has 0 unspecified atom stereocenters. The van der Waals surface area contributed by atoms with Gasteiger partial charge in [0.25, 0.3) is 6.43 Å². The number of hydrogen-bond acceptors (Lipinski definition) is 2. The molecule has 0 fully saturated rings. The molecule has 6 heteroatoms. The van der Waals surface area contributed by atoms with E-state index in [1.807, 2.05) is 18.5 Å². The largest absolute Gasteiger partial charge is 0.295 e. The number of rotatable bonds is 5. The first-order valence-electron chi connectivity index (χ1n) is 5.14. The third-order valence-corrected chi connectivity index (χ3v) is 3.35. The highest BCUT2D eigenvalue weighted by molar-refractivity contribution is 9.10. The van der Waals surface area contributed by atoms with Crippen molar-refractivity contribution in [2.24, 2.45) is 0 Å². The average molecular weight is 296 g/mol. The number of aryl methyl sites for hydroxylation is 2. The smallest absolute Gasteiger partial charge is 0.251 e. The maximum absolute atomic E-state index is 12.2. The second-order valence-corrected chi connectivity index (χ2v) is 4.54. The molecule has 1 heterocycles. The van der Waals surface area contributed by atoms with Crippen molar-refractivity contribution >= 4 is 15.9 Å². The lowest BCUT2D eigenvalue weighted by molar-refractivity contribution is 0.0963. The molecule has 0 aliphatic heterocycles. The van der Waals surface area contributed by atoms with Crippen LogP contribution in [0.3, 0.4) is 0 Å². The lowest BCUT2D eigenvalue weighted by atomic mass is 10.3. The molecule has 16 heavy (non-hydrogen) atoms. The highest BCUT2D eigenvalue weighted by Gasteiger charge is 2.15. The summed E-state index contributed by atoms with van der Waals surface area (Å²) in [6, 6.07) is 0. The average Bonchev–Trinajstić information content (AvgIpc) is 2.44.